The first-order valence-electron chi connectivity index (χ1n) is 6.07. The molecule has 2 rings (SSSR count). The highest BCUT2D eigenvalue weighted by Gasteiger charge is 2.10. The van der Waals surface area contributed by atoms with Crippen molar-refractivity contribution in [1.82, 2.24) is 5.32 Å². The fraction of sp³-hybridized carbons (Fsp3) is 0.214. The van der Waals surface area contributed by atoms with Gasteiger partial charge in [-0.25, -0.2) is 9.18 Å². The SMILES string of the molecule is Cc1ccc(F)cc1NC(=O)NCC(O)c1ccsc1. The Hall–Kier alpha value is -1.92. The summed E-state index contributed by atoms with van der Waals surface area (Å²) in [5.41, 5.74) is 1.93. The Kier molecular flexibility index (Phi) is 4.70. The fourth-order valence-electron chi connectivity index (χ4n) is 1.67. The third-order valence-electron chi connectivity index (χ3n) is 2.83. The molecule has 1 atom stereocenters. The van der Waals surface area contributed by atoms with E-state index in [0.717, 1.165) is 11.1 Å². The maximum Gasteiger partial charge on any atom is 0.319 e. The van der Waals surface area contributed by atoms with Crippen molar-refractivity contribution < 1.29 is 14.3 Å². The average molecular weight is 294 g/mol. The van der Waals surface area contributed by atoms with E-state index < -0.39 is 18.0 Å². The molecule has 2 amide bonds. The Bertz CT molecular complexity index is 587. The number of amides is 2. The van der Waals surface area contributed by atoms with E-state index in [1.165, 1.54) is 23.5 Å². The third-order valence-corrected chi connectivity index (χ3v) is 3.53. The quantitative estimate of drug-likeness (QED) is 0.811. The van der Waals surface area contributed by atoms with Crippen molar-refractivity contribution >= 4 is 23.1 Å². The van der Waals surface area contributed by atoms with E-state index in [1.54, 1.807) is 19.1 Å². The van der Waals surface area contributed by atoms with Crippen LogP contribution in [-0.4, -0.2) is 17.7 Å². The Labute approximate surface area is 120 Å². The van der Waals surface area contributed by atoms with Gasteiger partial charge in [-0.15, -0.1) is 0 Å². The van der Waals surface area contributed by atoms with Crippen molar-refractivity contribution in [2.75, 3.05) is 11.9 Å². The molecule has 6 heteroatoms. The lowest BCUT2D eigenvalue weighted by Crippen LogP contribution is -2.32. The van der Waals surface area contributed by atoms with Crippen molar-refractivity contribution in [3.63, 3.8) is 0 Å². The number of urea groups is 1. The van der Waals surface area contributed by atoms with Crippen LogP contribution in [0, 0.1) is 12.7 Å². The standard InChI is InChI=1S/C14H15FN2O2S/c1-9-2-3-11(15)6-12(9)17-14(19)16-7-13(18)10-4-5-20-8-10/h2-6,8,13,18H,7H2,1H3,(H2,16,17,19). The molecule has 1 aromatic carbocycles. The van der Waals surface area contributed by atoms with Crippen LogP contribution in [0.4, 0.5) is 14.9 Å². The average Bonchev–Trinajstić information content (AvgIpc) is 2.94. The van der Waals surface area contributed by atoms with Gasteiger partial charge in [0, 0.05) is 12.2 Å². The second-order valence-corrected chi connectivity index (χ2v) is 5.15. The first-order chi connectivity index (χ1) is 9.56. The molecule has 0 spiro atoms. The Morgan fingerprint density at radius 2 is 2.25 bits per heavy atom. The first-order valence-corrected chi connectivity index (χ1v) is 7.01. The monoisotopic (exact) mass is 294 g/mol. The number of hydrogen-bond donors (Lipinski definition) is 3. The van der Waals surface area contributed by atoms with Gasteiger partial charge in [-0.2, -0.15) is 11.3 Å². The zero-order valence-corrected chi connectivity index (χ0v) is 11.7. The lowest BCUT2D eigenvalue weighted by Gasteiger charge is -2.12. The van der Waals surface area contributed by atoms with Gasteiger partial charge in [-0.1, -0.05) is 6.07 Å². The van der Waals surface area contributed by atoms with Crippen LogP contribution in [-0.2, 0) is 0 Å². The van der Waals surface area contributed by atoms with Gasteiger partial charge in [0.25, 0.3) is 0 Å². The molecule has 3 N–H and O–H groups in total. The molecular formula is C14H15FN2O2S. The van der Waals surface area contributed by atoms with Gasteiger partial charge < -0.3 is 15.7 Å². The molecule has 1 aromatic heterocycles. The summed E-state index contributed by atoms with van der Waals surface area (Å²) >= 11 is 1.48. The van der Waals surface area contributed by atoms with Crippen molar-refractivity contribution in [1.29, 1.82) is 0 Å². The molecule has 1 heterocycles. The van der Waals surface area contributed by atoms with E-state index in [9.17, 15) is 14.3 Å². The number of thiophene rings is 1. The molecule has 0 saturated heterocycles. The molecule has 0 bridgehead atoms. The highest BCUT2D eigenvalue weighted by Crippen LogP contribution is 2.17. The number of rotatable bonds is 4. The van der Waals surface area contributed by atoms with Crippen molar-refractivity contribution in [2.45, 2.75) is 13.0 Å². The molecule has 20 heavy (non-hydrogen) atoms. The van der Waals surface area contributed by atoms with E-state index in [0.29, 0.717) is 5.69 Å². The van der Waals surface area contributed by atoms with Crippen LogP contribution in [0.15, 0.2) is 35.0 Å². The zero-order valence-electron chi connectivity index (χ0n) is 10.9. The summed E-state index contributed by atoms with van der Waals surface area (Å²) in [6, 6.07) is 5.49. The molecule has 106 valence electrons. The first kappa shape index (κ1) is 14.5. The van der Waals surface area contributed by atoms with Crippen molar-refractivity contribution in [3.8, 4) is 0 Å². The van der Waals surface area contributed by atoms with Gasteiger partial charge in [0.05, 0.1) is 6.10 Å². The van der Waals surface area contributed by atoms with Gasteiger partial charge in [-0.3, -0.25) is 0 Å². The van der Waals surface area contributed by atoms with Crippen LogP contribution < -0.4 is 10.6 Å². The highest BCUT2D eigenvalue weighted by molar-refractivity contribution is 7.07. The molecule has 0 aliphatic heterocycles. The number of nitrogens with one attached hydrogen (secondary N) is 2. The molecule has 2 aromatic rings. The summed E-state index contributed by atoms with van der Waals surface area (Å²) in [6.07, 6.45) is -0.749. The second kappa shape index (κ2) is 6.49. The van der Waals surface area contributed by atoms with Crippen molar-refractivity contribution in [3.05, 3.63) is 52.0 Å². The van der Waals surface area contributed by atoms with Crippen LogP contribution in [0.25, 0.3) is 0 Å². The molecule has 1 unspecified atom stereocenters. The van der Waals surface area contributed by atoms with Gasteiger partial charge >= 0.3 is 6.03 Å². The molecule has 0 aliphatic carbocycles. The molecule has 0 aliphatic rings. The number of hydrogen-bond acceptors (Lipinski definition) is 3. The van der Waals surface area contributed by atoms with Gasteiger partial charge in [0.2, 0.25) is 0 Å². The second-order valence-electron chi connectivity index (χ2n) is 4.37. The van der Waals surface area contributed by atoms with E-state index >= 15 is 0 Å². The van der Waals surface area contributed by atoms with E-state index in [2.05, 4.69) is 10.6 Å². The topological polar surface area (TPSA) is 61.4 Å². The predicted molar refractivity (Wildman–Crippen MR) is 77.4 cm³/mol. The zero-order chi connectivity index (χ0) is 14.5. The lowest BCUT2D eigenvalue weighted by atomic mass is 10.2. The molecule has 0 saturated carbocycles. The summed E-state index contributed by atoms with van der Waals surface area (Å²) < 4.78 is 13.1. The number of anilines is 1. The largest absolute Gasteiger partial charge is 0.387 e. The lowest BCUT2D eigenvalue weighted by molar-refractivity contribution is 0.175. The number of carbonyl (C=O) groups excluding carboxylic acids is 1. The number of carbonyl (C=O) groups is 1. The number of aliphatic hydroxyl groups excluding tert-OH is 1. The summed E-state index contributed by atoms with van der Waals surface area (Å²) in [6.45, 7) is 1.87. The number of benzene rings is 1. The van der Waals surface area contributed by atoms with Crippen LogP contribution in [0.2, 0.25) is 0 Å². The predicted octanol–water partition coefficient (Wildman–Crippen LogP) is 3.05. The summed E-state index contributed by atoms with van der Waals surface area (Å²) in [5, 5.41) is 18.6. The smallest absolute Gasteiger partial charge is 0.319 e. The molecule has 0 radical (unpaired) electrons. The number of aliphatic hydroxyl groups is 1. The maximum absolute atomic E-state index is 13.1. The Balaban J connectivity index is 1.88. The minimum absolute atomic E-state index is 0.0942. The third kappa shape index (κ3) is 3.79. The maximum atomic E-state index is 13.1. The minimum atomic E-state index is -0.749. The molecular weight excluding hydrogens is 279 g/mol. The highest BCUT2D eigenvalue weighted by atomic mass is 32.1. The Morgan fingerprint density at radius 1 is 1.45 bits per heavy atom. The van der Waals surface area contributed by atoms with Gasteiger partial charge in [0.1, 0.15) is 5.82 Å². The Morgan fingerprint density at radius 3 is 2.95 bits per heavy atom. The number of aryl methyl sites for hydroxylation is 1. The normalized spacial score (nSPS) is 11.9. The molecule has 0 fully saturated rings. The number of halogens is 1. The minimum Gasteiger partial charge on any atom is -0.387 e. The van der Waals surface area contributed by atoms with Crippen molar-refractivity contribution in [2.24, 2.45) is 0 Å². The van der Waals surface area contributed by atoms with Gasteiger partial charge in [-0.05, 0) is 47.0 Å². The fourth-order valence-corrected chi connectivity index (χ4v) is 2.37. The van der Waals surface area contributed by atoms with Crippen LogP contribution in [0.5, 0.6) is 0 Å². The van der Waals surface area contributed by atoms with Crippen LogP contribution in [0.3, 0.4) is 0 Å². The van der Waals surface area contributed by atoms with Gasteiger partial charge in [0.15, 0.2) is 0 Å². The summed E-state index contributed by atoms with van der Waals surface area (Å²) in [5.74, 6) is -0.413. The van der Waals surface area contributed by atoms with E-state index in [4.69, 9.17) is 0 Å². The van der Waals surface area contributed by atoms with E-state index in [1.807, 2.05) is 10.8 Å². The van der Waals surface area contributed by atoms with E-state index in [-0.39, 0.29) is 6.54 Å². The summed E-state index contributed by atoms with van der Waals surface area (Å²) in [4.78, 5) is 11.7. The summed E-state index contributed by atoms with van der Waals surface area (Å²) in [7, 11) is 0. The van der Waals surface area contributed by atoms with Crippen LogP contribution >= 0.6 is 11.3 Å². The molecule has 4 nitrogen and oxygen atoms in total. The van der Waals surface area contributed by atoms with Crippen LogP contribution in [0.1, 0.15) is 17.2 Å².